The molecule has 5 rings (SSSR count). The molecule has 0 saturated carbocycles. The van der Waals surface area contributed by atoms with Crippen LogP contribution in [-0.2, 0) is 27.9 Å². The van der Waals surface area contributed by atoms with Gasteiger partial charge in [0.1, 0.15) is 11.2 Å². The molecular weight excluding hydrogens is 422 g/mol. The van der Waals surface area contributed by atoms with Crippen molar-refractivity contribution in [3.63, 3.8) is 0 Å². The Balaban J connectivity index is 1.43. The lowest BCUT2D eigenvalue weighted by Crippen LogP contribution is -2.38. The number of carbonyl (C=O) groups is 1. The molecule has 1 amide bonds. The van der Waals surface area contributed by atoms with Crippen molar-refractivity contribution < 1.29 is 14.3 Å². The third kappa shape index (κ3) is 3.81. The zero-order chi connectivity index (χ0) is 23.3. The van der Waals surface area contributed by atoms with Gasteiger partial charge >= 0.3 is 0 Å². The average Bonchev–Trinajstić information content (AvgIpc) is 3.49. The lowest BCUT2D eigenvalue weighted by Gasteiger charge is -2.21. The molecule has 0 spiro atoms. The molecule has 0 bridgehead atoms. The van der Waals surface area contributed by atoms with E-state index in [0.29, 0.717) is 6.54 Å². The first-order chi connectivity index (χ1) is 15.8. The molecule has 5 heterocycles. The normalized spacial score (nSPS) is 17.7. The van der Waals surface area contributed by atoms with Crippen molar-refractivity contribution in [3.8, 4) is 11.4 Å². The van der Waals surface area contributed by atoms with Crippen LogP contribution in [0.2, 0.25) is 0 Å². The minimum absolute atomic E-state index is 0.124. The molecule has 0 radical (unpaired) electrons. The Labute approximate surface area is 190 Å². The SMILES string of the molecule is CNc1nc2[nH]c(-c3cccc(CN(C)C(=O)[C@@H]4COC(C)(C)O4)n3)cc2c2c1ncn2C. The monoisotopic (exact) mass is 449 g/mol. The number of carbonyl (C=O) groups excluding carboxylic acids is 1. The van der Waals surface area contributed by atoms with Gasteiger partial charge in [-0.3, -0.25) is 4.79 Å². The minimum Gasteiger partial charge on any atom is -0.371 e. The third-order valence-electron chi connectivity index (χ3n) is 5.82. The molecule has 2 N–H and O–H groups in total. The highest BCUT2D eigenvalue weighted by Gasteiger charge is 2.38. The van der Waals surface area contributed by atoms with Crippen molar-refractivity contribution in [1.29, 1.82) is 0 Å². The highest BCUT2D eigenvalue weighted by atomic mass is 16.7. The molecule has 4 aromatic heterocycles. The predicted molar refractivity (Wildman–Crippen MR) is 125 cm³/mol. The number of anilines is 1. The summed E-state index contributed by atoms with van der Waals surface area (Å²) in [5.74, 6) is -0.148. The molecule has 0 aromatic carbocycles. The number of hydrogen-bond acceptors (Lipinski definition) is 7. The number of nitrogens with one attached hydrogen (secondary N) is 2. The van der Waals surface area contributed by atoms with Crippen LogP contribution in [0.4, 0.5) is 5.82 Å². The Bertz CT molecular complexity index is 1360. The van der Waals surface area contributed by atoms with Crippen LogP contribution in [0.3, 0.4) is 0 Å². The number of fused-ring (bicyclic) bond motifs is 3. The van der Waals surface area contributed by atoms with Gasteiger partial charge in [-0.15, -0.1) is 0 Å². The van der Waals surface area contributed by atoms with Crippen molar-refractivity contribution in [2.45, 2.75) is 32.3 Å². The molecule has 10 heteroatoms. The van der Waals surface area contributed by atoms with Gasteiger partial charge in [-0.1, -0.05) is 6.07 Å². The van der Waals surface area contributed by atoms with Gasteiger partial charge in [0.2, 0.25) is 0 Å². The number of amides is 1. The summed E-state index contributed by atoms with van der Waals surface area (Å²) in [7, 11) is 5.54. The fraction of sp³-hybridized carbons (Fsp3) is 0.391. The molecule has 1 fully saturated rings. The largest absolute Gasteiger partial charge is 0.371 e. The summed E-state index contributed by atoms with van der Waals surface area (Å²) in [6.07, 6.45) is 1.18. The molecule has 0 aliphatic carbocycles. The molecular formula is C23H27N7O3. The fourth-order valence-electron chi connectivity index (χ4n) is 4.20. The van der Waals surface area contributed by atoms with Crippen LogP contribution < -0.4 is 5.32 Å². The summed E-state index contributed by atoms with van der Waals surface area (Å²) >= 11 is 0. The summed E-state index contributed by atoms with van der Waals surface area (Å²) < 4.78 is 13.2. The molecule has 1 saturated heterocycles. The lowest BCUT2D eigenvalue weighted by molar-refractivity contribution is -0.159. The maximum absolute atomic E-state index is 12.8. The minimum atomic E-state index is -0.741. The van der Waals surface area contributed by atoms with E-state index in [1.165, 1.54) is 0 Å². The zero-order valence-corrected chi connectivity index (χ0v) is 19.3. The van der Waals surface area contributed by atoms with Crippen molar-refractivity contribution in [1.82, 2.24) is 29.4 Å². The first-order valence-corrected chi connectivity index (χ1v) is 10.8. The maximum Gasteiger partial charge on any atom is 0.254 e. The van der Waals surface area contributed by atoms with Crippen molar-refractivity contribution >= 4 is 33.8 Å². The summed E-state index contributed by atoms with van der Waals surface area (Å²) in [6.45, 7) is 4.22. The molecule has 1 aliphatic rings. The van der Waals surface area contributed by atoms with E-state index in [1.54, 1.807) is 32.1 Å². The second kappa shape index (κ2) is 7.82. The van der Waals surface area contributed by atoms with E-state index in [1.807, 2.05) is 42.9 Å². The number of H-pyrrole nitrogens is 1. The number of ether oxygens (including phenoxy) is 2. The average molecular weight is 450 g/mol. The summed E-state index contributed by atoms with van der Waals surface area (Å²) in [5.41, 5.74) is 4.96. The van der Waals surface area contributed by atoms with E-state index in [9.17, 15) is 4.79 Å². The van der Waals surface area contributed by atoms with Crippen LogP contribution in [0.5, 0.6) is 0 Å². The Morgan fingerprint density at radius 2 is 2.18 bits per heavy atom. The van der Waals surface area contributed by atoms with Gasteiger partial charge in [0, 0.05) is 26.5 Å². The van der Waals surface area contributed by atoms with Crippen LogP contribution in [0.15, 0.2) is 30.6 Å². The van der Waals surface area contributed by atoms with E-state index in [-0.39, 0.29) is 12.5 Å². The number of hydrogen-bond donors (Lipinski definition) is 2. The number of nitrogens with zero attached hydrogens (tertiary/aromatic N) is 5. The number of likely N-dealkylation sites (N-methyl/N-ethyl adjacent to an activating group) is 1. The van der Waals surface area contributed by atoms with E-state index in [0.717, 1.165) is 45.0 Å². The second-order valence-electron chi connectivity index (χ2n) is 8.73. The van der Waals surface area contributed by atoms with Gasteiger partial charge < -0.3 is 29.2 Å². The van der Waals surface area contributed by atoms with Gasteiger partial charge in [0.25, 0.3) is 5.91 Å². The van der Waals surface area contributed by atoms with Crippen LogP contribution >= 0.6 is 0 Å². The zero-order valence-electron chi connectivity index (χ0n) is 19.3. The van der Waals surface area contributed by atoms with Gasteiger partial charge in [0.05, 0.1) is 42.1 Å². The molecule has 4 aromatic rings. The van der Waals surface area contributed by atoms with Crippen LogP contribution in [0.25, 0.3) is 33.5 Å². The van der Waals surface area contributed by atoms with E-state index in [4.69, 9.17) is 14.5 Å². The van der Waals surface area contributed by atoms with Crippen LogP contribution in [0, 0.1) is 0 Å². The Morgan fingerprint density at radius 1 is 1.36 bits per heavy atom. The quantitative estimate of drug-likeness (QED) is 0.482. The topological polar surface area (TPSA) is 110 Å². The van der Waals surface area contributed by atoms with Gasteiger partial charge in [-0.2, -0.15) is 0 Å². The standard InChI is InChI=1S/C23H27N7O3/c1-23(2)32-11-17(33-23)22(31)29(4)10-13-7-6-8-15(26-13)16-9-14-19-18(25-12-30(19)5)21(24-3)28-20(14)27-16/h6-9,12,17H,10-11H2,1-5H3,(H2,24,27,28)/t17-/m0/s1. The smallest absolute Gasteiger partial charge is 0.254 e. The first-order valence-electron chi connectivity index (χ1n) is 10.8. The fourth-order valence-corrected chi connectivity index (χ4v) is 4.20. The molecule has 172 valence electrons. The second-order valence-corrected chi connectivity index (χ2v) is 8.73. The first kappa shape index (κ1) is 21.4. The number of aromatic amines is 1. The summed E-state index contributed by atoms with van der Waals surface area (Å²) in [6, 6.07) is 7.82. The van der Waals surface area contributed by atoms with Crippen LogP contribution in [0.1, 0.15) is 19.5 Å². The molecule has 10 nitrogen and oxygen atoms in total. The van der Waals surface area contributed by atoms with Crippen molar-refractivity contribution in [2.75, 3.05) is 26.0 Å². The highest BCUT2D eigenvalue weighted by molar-refractivity contribution is 6.07. The predicted octanol–water partition coefficient (Wildman–Crippen LogP) is 2.66. The van der Waals surface area contributed by atoms with Crippen molar-refractivity contribution in [2.24, 2.45) is 7.05 Å². The Hall–Kier alpha value is -3.50. The van der Waals surface area contributed by atoms with Gasteiger partial charge in [0.15, 0.2) is 17.7 Å². The van der Waals surface area contributed by atoms with Gasteiger partial charge in [-0.05, 0) is 32.0 Å². The van der Waals surface area contributed by atoms with E-state index in [2.05, 4.69) is 20.3 Å². The molecule has 1 atom stereocenters. The number of imidazole rings is 1. The van der Waals surface area contributed by atoms with Gasteiger partial charge in [-0.25, -0.2) is 15.0 Å². The highest BCUT2D eigenvalue weighted by Crippen LogP contribution is 2.31. The van der Waals surface area contributed by atoms with Crippen LogP contribution in [-0.4, -0.2) is 67.9 Å². The Kier molecular flexibility index (Phi) is 5.06. The summed E-state index contributed by atoms with van der Waals surface area (Å²) in [4.78, 5) is 31.7. The number of rotatable bonds is 5. The molecule has 33 heavy (non-hydrogen) atoms. The third-order valence-corrected chi connectivity index (χ3v) is 5.82. The van der Waals surface area contributed by atoms with E-state index >= 15 is 0 Å². The van der Waals surface area contributed by atoms with E-state index < -0.39 is 11.9 Å². The molecule has 0 unspecified atom stereocenters. The maximum atomic E-state index is 12.8. The number of aryl methyl sites for hydroxylation is 1. The lowest BCUT2D eigenvalue weighted by atomic mass is 10.2. The number of pyridine rings is 2. The Morgan fingerprint density at radius 3 is 2.91 bits per heavy atom. The van der Waals surface area contributed by atoms with Crippen molar-refractivity contribution in [3.05, 3.63) is 36.3 Å². The molecule has 1 aliphatic heterocycles. The number of aromatic nitrogens is 5. The summed E-state index contributed by atoms with van der Waals surface area (Å²) in [5, 5.41) is 4.09.